The van der Waals surface area contributed by atoms with Gasteiger partial charge in [-0.25, -0.2) is 14.1 Å². The van der Waals surface area contributed by atoms with E-state index in [0.29, 0.717) is 34.1 Å². The molecule has 0 amide bonds. The van der Waals surface area contributed by atoms with Gasteiger partial charge in [-0.05, 0) is 48.1 Å². The number of hydrogen-bond acceptors (Lipinski definition) is 4. The molecule has 0 fully saturated rings. The molecule has 6 nitrogen and oxygen atoms in total. The van der Waals surface area contributed by atoms with E-state index in [1.165, 1.54) is 12.1 Å². The SMILES string of the molecule is COc1ccc(Cl)cc1NC(=S)Nc1ncn(Cc2ccc(F)cc2)n1. The number of nitrogens with zero attached hydrogens (tertiary/aromatic N) is 3. The zero-order chi connectivity index (χ0) is 18.5. The maximum absolute atomic E-state index is 12.9. The molecule has 0 atom stereocenters. The minimum atomic E-state index is -0.275. The lowest BCUT2D eigenvalue weighted by molar-refractivity contribution is 0.417. The summed E-state index contributed by atoms with van der Waals surface area (Å²) in [5.74, 6) is 0.668. The third-order valence-corrected chi connectivity index (χ3v) is 3.87. The first-order chi connectivity index (χ1) is 12.5. The van der Waals surface area contributed by atoms with Gasteiger partial charge in [-0.15, -0.1) is 5.10 Å². The number of ether oxygens (including phenoxy) is 1. The van der Waals surface area contributed by atoms with Gasteiger partial charge in [0.15, 0.2) is 5.11 Å². The molecule has 1 aromatic heterocycles. The molecule has 3 rings (SSSR count). The molecule has 0 aliphatic rings. The van der Waals surface area contributed by atoms with Crippen molar-refractivity contribution in [3.05, 3.63) is 65.2 Å². The molecule has 2 aromatic carbocycles. The van der Waals surface area contributed by atoms with Crippen molar-refractivity contribution in [1.82, 2.24) is 14.8 Å². The van der Waals surface area contributed by atoms with Gasteiger partial charge in [-0.3, -0.25) is 5.32 Å². The number of anilines is 2. The Morgan fingerprint density at radius 2 is 2.00 bits per heavy atom. The van der Waals surface area contributed by atoms with Crippen LogP contribution in [0.25, 0.3) is 0 Å². The highest BCUT2D eigenvalue weighted by Crippen LogP contribution is 2.27. The lowest BCUT2D eigenvalue weighted by Gasteiger charge is -2.12. The Bertz CT molecular complexity index is 916. The van der Waals surface area contributed by atoms with Crippen LogP contribution in [0.15, 0.2) is 48.8 Å². The number of aromatic nitrogens is 3. The number of benzene rings is 2. The highest BCUT2D eigenvalue weighted by molar-refractivity contribution is 7.80. The van der Waals surface area contributed by atoms with Crippen molar-refractivity contribution in [2.75, 3.05) is 17.7 Å². The summed E-state index contributed by atoms with van der Waals surface area (Å²) in [6.07, 6.45) is 1.56. The minimum absolute atomic E-state index is 0.275. The molecule has 9 heteroatoms. The van der Waals surface area contributed by atoms with E-state index in [4.69, 9.17) is 28.6 Å². The number of methoxy groups -OCH3 is 1. The van der Waals surface area contributed by atoms with Crippen LogP contribution in [0, 0.1) is 5.82 Å². The monoisotopic (exact) mass is 391 g/mol. The number of halogens is 2. The molecule has 0 spiro atoms. The van der Waals surface area contributed by atoms with Crippen LogP contribution in [0.5, 0.6) is 5.75 Å². The summed E-state index contributed by atoms with van der Waals surface area (Å²) in [6.45, 7) is 0.470. The van der Waals surface area contributed by atoms with Crippen molar-refractivity contribution in [2.24, 2.45) is 0 Å². The van der Waals surface area contributed by atoms with Gasteiger partial charge >= 0.3 is 0 Å². The van der Waals surface area contributed by atoms with Gasteiger partial charge < -0.3 is 10.1 Å². The largest absolute Gasteiger partial charge is 0.495 e. The fourth-order valence-corrected chi connectivity index (χ4v) is 2.61. The van der Waals surface area contributed by atoms with Crippen molar-refractivity contribution >= 4 is 40.6 Å². The molecule has 0 aliphatic carbocycles. The summed E-state index contributed by atoms with van der Waals surface area (Å²) < 4.78 is 19.8. The third kappa shape index (κ3) is 4.68. The van der Waals surface area contributed by atoms with Crippen molar-refractivity contribution in [1.29, 1.82) is 0 Å². The highest BCUT2D eigenvalue weighted by atomic mass is 35.5. The minimum Gasteiger partial charge on any atom is -0.495 e. The number of rotatable bonds is 5. The molecule has 0 aliphatic heterocycles. The molecule has 0 bridgehead atoms. The molecule has 0 radical (unpaired) electrons. The van der Waals surface area contributed by atoms with Gasteiger partial charge in [0.2, 0.25) is 5.95 Å². The van der Waals surface area contributed by atoms with Gasteiger partial charge in [0, 0.05) is 5.02 Å². The fourth-order valence-electron chi connectivity index (χ4n) is 2.24. The van der Waals surface area contributed by atoms with Crippen LogP contribution in [0.2, 0.25) is 5.02 Å². The van der Waals surface area contributed by atoms with Crippen LogP contribution in [-0.2, 0) is 6.54 Å². The van der Waals surface area contributed by atoms with Crippen LogP contribution in [0.4, 0.5) is 16.0 Å². The van der Waals surface area contributed by atoms with Gasteiger partial charge in [-0.2, -0.15) is 0 Å². The van der Waals surface area contributed by atoms with Crippen molar-refractivity contribution in [2.45, 2.75) is 6.54 Å². The Labute approximate surface area is 160 Å². The van der Waals surface area contributed by atoms with E-state index in [-0.39, 0.29) is 5.82 Å². The van der Waals surface area contributed by atoms with Crippen molar-refractivity contribution in [3.63, 3.8) is 0 Å². The maximum Gasteiger partial charge on any atom is 0.248 e. The van der Waals surface area contributed by atoms with Crippen LogP contribution in [-0.4, -0.2) is 27.0 Å². The zero-order valence-electron chi connectivity index (χ0n) is 13.7. The Hall–Kier alpha value is -2.71. The Morgan fingerprint density at radius 1 is 1.23 bits per heavy atom. The first kappa shape index (κ1) is 18.1. The second-order valence-electron chi connectivity index (χ2n) is 5.32. The van der Waals surface area contributed by atoms with E-state index in [1.54, 1.807) is 48.5 Å². The summed E-state index contributed by atoms with van der Waals surface area (Å²) in [7, 11) is 1.56. The molecule has 3 aromatic rings. The predicted octanol–water partition coefficient (Wildman–Crippen LogP) is 3.94. The smallest absolute Gasteiger partial charge is 0.248 e. The average Bonchev–Trinajstić information content (AvgIpc) is 3.04. The summed E-state index contributed by atoms with van der Waals surface area (Å²) in [5, 5.41) is 11.0. The predicted molar refractivity (Wildman–Crippen MR) is 103 cm³/mol. The summed E-state index contributed by atoms with van der Waals surface area (Å²) >= 11 is 11.3. The molecule has 26 heavy (non-hydrogen) atoms. The first-order valence-electron chi connectivity index (χ1n) is 7.59. The number of hydrogen-bond donors (Lipinski definition) is 2. The number of nitrogens with one attached hydrogen (secondary N) is 2. The van der Waals surface area contributed by atoms with Crippen molar-refractivity contribution in [3.8, 4) is 5.75 Å². The average molecular weight is 392 g/mol. The van der Waals surface area contributed by atoms with Gasteiger partial charge in [0.1, 0.15) is 17.9 Å². The van der Waals surface area contributed by atoms with Gasteiger partial charge in [0.05, 0.1) is 19.3 Å². The summed E-state index contributed by atoms with van der Waals surface area (Å²) in [5.41, 5.74) is 1.54. The van der Waals surface area contributed by atoms with Crippen molar-refractivity contribution < 1.29 is 9.13 Å². The molecule has 0 saturated carbocycles. The fraction of sp³-hybridized carbons (Fsp3) is 0.118. The van der Waals surface area contributed by atoms with E-state index in [2.05, 4.69) is 20.7 Å². The molecule has 134 valence electrons. The molecular weight excluding hydrogens is 377 g/mol. The highest BCUT2D eigenvalue weighted by Gasteiger charge is 2.08. The normalized spacial score (nSPS) is 10.4. The second kappa shape index (κ2) is 8.11. The van der Waals surface area contributed by atoms with Crippen LogP contribution < -0.4 is 15.4 Å². The topological polar surface area (TPSA) is 64.0 Å². The summed E-state index contributed by atoms with van der Waals surface area (Å²) in [4.78, 5) is 4.15. The lowest BCUT2D eigenvalue weighted by Crippen LogP contribution is -2.20. The number of thiocarbonyl (C=S) groups is 1. The van der Waals surface area contributed by atoms with E-state index < -0.39 is 0 Å². The van der Waals surface area contributed by atoms with Crippen LogP contribution in [0.3, 0.4) is 0 Å². The van der Waals surface area contributed by atoms with Crippen LogP contribution in [0.1, 0.15) is 5.56 Å². The molecule has 1 heterocycles. The molecular formula is C17H15ClFN5OS. The van der Waals surface area contributed by atoms with E-state index in [1.807, 2.05) is 0 Å². The molecule has 0 saturated heterocycles. The Balaban J connectivity index is 1.62. The van der Waals surface area contributed by atoms with E-state index in [0.717, 1.165) is 5.56 Å². The van der Waals surface area contributed by atoms with Gasteiger partial charge in [0.25, 0.3) is 0 Å². The second-order valence-corrected chi connectivity index (χ2v) is 6.16. The maximum atomic E-state index is 12.9. The van der Waals surface area contributed by atoms with Gasteiger partial charge in [-0.1, -0.05) is 23.7 Å². The van der Waals surface area contributed by atoms with E-state index >= 15 is 0 Å². The first-order valence-corrected chi connectivity index (χ1v) is 8.37. The standard InChI is InChI=1S/C17H15ClFN5OS/c1-25-15-7-4-12(18)8-14(15)21-17(26)22-16-20-10-24(23-16)9-11-2-5-13(19)6-3-11/h2-8,10H,9H2,1H3,(H2,21,22,23,26). The molecule has 0 unspecified atom stereocenters. The Morgan fingerprint density at radius 3 is 2.73 bits per heavy atom. The summed E-state index contributed by atoms with van der Waals surface area (Å²) in [6, 6.07) is 11.4. The zero-order valence-corrected chi connectivity index (χ0v) is 15.3. The lowest BCUT2D eigenvalue weighted by atomic mass is 10.2. The Kier molecular flexibility index (Phi) is 5.65. The molecule has 2 N–H and O–H groups in total. The quantitative estimate of drug-likeness (QED) is 0.642. The van der Waals surface area contributed by atoms with Crippen LogP contribution >= 0.6 is 23.8 Å². The third-order valence-electron chi connectivity index (χ3n) is 3.43. The van der Waals surface area contributed by atoms with E-state index in [9.17, 15) is 4.39 Å².